The first-order valence-electron chi connectivity index (χ1n) is 10.3. The molecule has 0 unspecified atom stereocenters. The molecule has 0 aliphatic rings. The summed E-state index contributed by atoms with van der Waals surface area (Å²) in [5, 5.41) is 3.00. The lowest BCUT2D eigenvalue weighted by atomic mass is 10.1. The van der Waals surface area contributed by atoms with Crippen molar-refractivity contribution in [2.24, 2.45) is 0 Å². The van der Waals surface area contributed by atoms with Crippen LogP contribution in [0.1, 0.15) is 34.3 Å². The van der Waals surface area contributed by atoms with Crippen molar-refractivity contribution >= 4 is 23.4 Å². The van der Waals surface area contributed by atoms with Gasteiger partial charge in [0.2, 0.25) is 5.89 Å². The molecule has 0 saturated carbocycles. The number of carbonyl (C=O) groups is 1. The van der Waals surface area contributed by atoms with E-state index >= 15 is 0 Å². The van der Waals surface area contributed by atoms with Crippen LogP contribution in [0.25, 0.3) is 11.5 Å². The number of hydrogen-bond donors (Lipinski definition) is 1. The third kappa shape index (κ3) is 5.06. The molecule has 0 atom stereocenters. The highest BCUT2D eigenvalue weighted by molar-refractivity contribution is 7.98. The molecule has 1 amide bonds. The number of amides is 1. The maximum absolute atomic E-state index is 12.7. The average molecular weight is 429 g/mol. The van der Waals surface area contributed by atoms with Gasteiger partial charge in [-0.15, -0.1) is 11.8 Å². The highest BCUT2D eigenvalue weighted by Gasteiger charge is 2.13. The van der Waals surface area contributed by atoms with E-state index < -0.39 is 0 Å². The van der Waals surface area contributed by atoms with E-state index in [4.69, 9.17) is 4.42 Å². The van der Waals surface area contributed by atoms with E-state index in [-0.39, 0.29) is 5.91 Å². The minimum absolute atomic E-state index is 0.129. The van der Waals surface area contributed by atoms with Crippen LogP contribution < -0.4 is 5.32 Å². The monoisotopic (exact) mass is 428 g/mol. The Morgan fingerprint density at radius 3 is 2.42 bits per heavy atom. The predicted octanol–water partition coefficient (Wildman–Crippen LogP) is 6.76. The van der Waals surface area contributed by atoms with Gasteiger partial charge in [-0.2, -0.15) is 0 Å². The standard InChI is InChI=1S/C26H24N2O2S/c1-3-19-9-7-8-12-23(19)27-25(29)20-13-15-21(16-14-20)26-28-24(18(2)30-26)17-31-22-10-5-4-6-11-22/h4-16H,3,17H2,1-2H3,(H,27,29). The number of benzene rings is 3. The molecule has 0 bridgehead atoms. The molecule has 0 radical (unpaired) electrons. The first-order chi connectivity index (χ1) is 15.1. The van der Waals surface area contributed by atoms with Gasteiger partial charge in [-0.3, -0.25) is 4.79 Å². The van der Waals surface area contributed by atoms with Gasteiger partial charge in [0.25, 0.3) is 5.91 Å². The molecule has 4 rings (SSSR count). The second-order valence-corrected chi connectivity index (χ2v) is 8.21. The summed E-state index contributed by atoms with van der Waals surface area (Å²) < 4.78 is 5.89. The van der Waals surface area contributed by atoms with Crippen LogP contribution >= 0.6 is 11.8 Å². The average Bonchev–Trinajstić information content (AvgIpc) is 3.19. The highest BCUT2D eigenvalue weighted by atomic mass is 32.2. The van der Waals surface area contributed by atoms with Gasteiger partial charge in [0.1, 0.15) is 5.76 Å². The number of nitrogens with zero attached hydrogens (tertiary/aromatic N) is 1. The first kappa shape index (κ1) is 20.9. The molecule has 0 aliphatic heterocycles. The molecule has 0 aliphatic carbocycles. The van der Waals surface area contributed by atoms with Crippen molar-refractivity contribution in [1.82, 2.24) is 4.98 Å². The van der Waals surface area contributed by atoms with Crippen molar-refractivity contribution in [2.75, 3.05) is 5.32 Å². The molecule has 31 heavy (non-hydrogen) atoms. The Labute approximate surface area is 186 Å². The van der Waals surface area contributed by atoms with Crippen LogP contribution in [0.5, 0.6) is 0 Å². The lowest BCUT2D eigenvalue weighted by Crippen LogP contribution is -2.13. The Bertz CT molecular complexity index is 1170. The maximum atomic E-state index is 12.7. The molecule has 1 aromatic heterocycles. The normalized spacial score (nSPS) is 10.8. The van der Waals surface area contributed by atoms with E-state index in [0.717, 1.165) is 40.4 Å². The maximum Gasteiger partial charge on any atom is 0.255 e. The first-order valence-corrected chi connectivity index (χ1v) is 11.3. The van der Waals surface area contributed by atoms with Crippen LogP contribution in [-0.2, 0) is 12.2 Å². The van der Waals surface area contributed by atoms with Crippen molar-refractivity contribution in [3.8, 4) is 11.5 Å². The number of anilines is 1. The van der Waals surface area contributed by atoms with Crippen molar-refractivity contribution < 1.29 is 9.21 Å². The number of carbonyl (C=O) groups excluding carboxylic acids is 1. The van der Waals surface area contributed by atoms with Crippen LogP contribution in [-0.4, -0.2) is 10.9 Å². The zero-order valence-electron chi connectivity index (χ0n) is 17.6. The molecule has 4 aromatic rings. The molecule has 5 heteroatoms. The van der Waals surface area contributed by atoms with Gasteiger partial charge in [-0.1, -0.05) is 43.3 Å². The van der Waals surface area contributed by atoms with Crippen molar-refractivity contribution in [1.29, 1.82) is 0 Å². The van der Waals surface area contributed by atoms with E-state index in [2.05, 4.69) is 29.4 Å². The van der Waals surface area contributed by atoms with Crippen molar-refractivity contribution in [3.05, 3.63) is 101 Å². The Balaban J connectivity index is 1.45. The fraction of sp³-hybridized carbons (Fsp3) is 0.154. The summed E-state index contributed by atoms with van der Waals surface area (Å²) in [6.07, 6.45) is 0.865. The summed E-state index contributed by atoms with van der Waals surface area (Å²) in [7, 11) is 0. The topological polar surface area (TPSA) is 55.1 Å². The Kier molecular flexibility index (Phi) is 6.53. The third-order valence-electron chi connectivity index (χ3n) is 5.05. The second-order valence-electron chi connectivity index (χ2n) is 7.17. The van der Waals surface area contributed by atoms with Gasteiger partial charge < -0.3 is 9.73 Å². The summed E-state index contributed by atoms with van der Waals surface area (Å²) in [6.45, 7) is 4.01. The Hall–Kier alpha value is -3.31. The molecule has 0 saturated heterocycles. The number of rotatable bonds is 7. The molecular weight excluding hydrogens is 404 g/mol. The number of para-hydroxylation sites is 1. The largest absolute Gasteiger partial charge is 0.441 e. The lowest BCUT2D eigenvalue weighted by molar-refractivity contribution is 0.102. The van der Waals surface area contributed by atoms with E-state index in [9.17, 15) is 4.79 Å². The summed E-state index contributed by atoms with van der Waals surface area (Å²) in [6, 6.07) is 25.5. The quantitative estimate of drug-likeness (QED) is 0.331. The number of aromatic nitrogens is 1. The summed E-state index contributed by atoms with van der Waals surface area (Å²) in [5.74, 6) is 2.01. The highest BCUT2D eigenvalue weighted by Crippen LogP contribution is 2.28. The van der Waals surface area contributed by atoms with Crippen molar-refractivity contribution in [3.63, 3.8) is 0 Å². The van der Waals surface area contributed by atoms with Gasteiger partial charge in [0.15, 0.2) is 0 Å². The van der Waals surface area contributed by atoms with E-state index in [1.807, 2.05) is 61.5 Å². The predicted molar refractivity (Wildman–Crippen MR) is 126 cm³/mol. The fourth-order valence-corrected chi connectivity index (χ4v) is 4.18. The van der Waals surface area contributed by atoms with E-state index in [1.54, 1.807) is 23.9 Å². The van der Waals surface area contributed by atoms with Gasteiger partial charge >= 0.3 is 0 Å². The molecule has 1 heterocycles. The van der Waals surface area contributed by atoms with Gasteiger partial charge in [0.05, 0.1) is 5.69 Å². The summed E-state index contributed by atoms with van der Waals surface area (Å²) in [4.78, 5) is 18.5. The van der Waals surface area contributed by atoms with Crippen LogP contribution in [0.3, 0.4) is 0 Å². The Morgan fingerprint density at radius 2 is 1.68 bits per heavy atom. The number of aryl methyl sites for hydroxylation is 2. The summed E-state index contributed by atoms with van der Waals surface area (Å²) in [5.41, 5.74) is 4.34. The third-order valence-corrected chi connectivity index (χ3v) is 6.08. The van der Waals surface area contributed by atoms with Gasteiger partial charge in [0, 0.05) is 27.5 Å². The zero-order chi connectivity index (χ0) is 21.6. The van der Waals surface area contributed by atoms with Crippen LogP contribution in [0, 0.1) is 6.92 Å². The molecule has 3 aromatic carbocycles. The number of oxazole rings is 1. The SMILES string of the molecule is CCc1ccccc1NC(=O)c1ccc(-c2nc(CSc3ccccc3)c(C)o2)cc1. The molecule has 4 nitrogen and oxygen atoms in total. The van der Waals surface area contributed by atoms with E-state index in [0.29, 0.717) is 11.5 Å². The van der Waals surface area contributed by atoms with Crippen molar-refractivity contribution in [2.45, 2.75) is 30.9 Å². The molecule has 0 spiro atoms. The molecular formula is C26H24N2O2S. The minimum atomic E-state index is -0.129. The number of nitrogens with one attached hydrogen (secondary N) is 1. The molecule has 0 fully saturated rings. The lowest BCUT2D eigenvalue weighted by Gasteiger charge is -2.09. The van der Waals surface area contributed by atoms with Crippen LogP contribution in [0.4, 0.5) is 5.69 Å². The fourth-order valence-electron chi connectivity index (χ4n) is 3.26. The van der Waals surface area contributed by atoms with E-state index in [1.165, 1.54) is 4.90 Å². The van der Waals surface area contributed by atoms with Crippen LogP contribution in [0.2, 0.25) is 0 Å². The molecule has 156 valence electrons. The van der Waals surface area contributed by atoms with Crippen LogP contribution in [0.15, 0.2) is 88.2 Å². The number of thioether (sulfide) groups is 1. The number of hydrogen-bond acceptors (Lipinski definition) is 4. The minimum Gasteiger partial charge on any atom is -0.441 e. The zero-order valence-corrected chi connectivity index (χ0v) is 18.4. The van der Waals surface area contributed by atoms with Gasteiger partial charge in [-0.05, 0) is 61.4 Å². The smallest absolute Gasteiger partial charge is 0.255 e. The summed E-state index contributed by atoms with van der Waals surface area (Å²) >= 11 is 1.73. The second kappa shape index (κ2) is 9.67. The van der Waals surface area contributed by atoms with Gasteiger partial charge in [-0.25, -0.2) is 4.98 Å². The Morgan fingerprint density at radius 1 is 0.968 bits per heavy atom. The molecule has 1 N–H and O–H groups in total.